The van der Waals surface area contributed by atoms with Gasteiger partial charge in [-0.25, -0.2) is 8.78 Å². The molecule has 2 heterocycles. The smallest absolute Gasteiger partial charge is 0.261 e. The third kappa shape index (κ3) is 2.15. The van der Waals surface area contributed by atoms with Crippen molar-refractivity contribution in [2.75, 3.05) is 13.1 Å². The largest absolute Gasteiger partial charge is 0.467 e. The van der Waals surface area contributed by atoms with Gasteiger partial charge in [0.1, 0.15) is 5.76 Å². The number of hydrogen-bond acceptors (Lipinski definition) is 2. The minimum absolute atomic E-state index is 0.0503. The van der Waals surface area contributed by atoms with Crippen molar-refractivity contribution >= 4 is 15.9 Å². The molecule has 0 radical (unpaired) electrons. The van der Waals surface area contributed by atoms with Gasteiger partial charge in [-0.3, -0.25) is 4.90 Å². The first-order valence-electron chi connectivity index (χ1n) is 4.39. The molecule has 0 amide bonds. The molecule has 0 N–H and O–H groups in total. The fraction of sp³-hybridized carbons (Fsp3) is 0.556. The maximum Gasteiger partial charge on any atom is 0.261 e. The molecule has 1 fully saturated rings. The maximum atomic E-state index is 12.8. The van der Waals surface area contributed by atoms with Crippen LogP contribution in [0.2, 0.25) is 0 Å². The number of halogens is 3. The van der Waals surface area contributed by atoms with Gasteiger partial charge in [0.25, 0.3) is 5.92 Å². The highest BCUT2D eigenvalue weighted by atomic mass is 79.9. The van der Waals surface area contributed by atoms with Crippen LogP contribution >= 0.6 is 15.9 Å². The van der Waals surface area contributed by atoms with Crippen LogP contribution in [-0.4, -0.2) is 23.9 Å². The van der Waals surface area contributed by atoms with E-state index in [1.807, 2.05) is 0 Å². The normalized spacial score (nSPS) is 21.6. The highest BCUT2D eigenvalue weighted by Gasteiger charge is 2.38. The van der Waals surface area contributed by atoms with Crippen LogP contribution in [-0.2, 0) is 6.54 Å². The molecule has 0 aliphatic carbocycles. The van der Waals surface area contributed by atoms with Crippen LogP contribution < -0.4 is 0 Å². The summed E-state index contributed by atoms with van der Waals surface area (Å²) in [6, 6.07) is 1.77. The Morgan fingerprint density at radius 2 is 2.36 bits per heavy atom. The molecule has 1 aromatic heterocycles. The van der Waals surface area contributed by atoms with Crippen molar-refractivity contribution in [2.24, 2.45) is 0 Å². The molecular weight excluding hydrogens is 256 g/mol. The Bertz CT molecular complexity index is 326. The summed E-state index contributed by atoms with van der Waals surface area (Å²) >= 11 is 3.29. The fourth-order valence-electron chi connectivity index (χ4n) is 1.58. The third-order valence-electron chi connectivity index (χ3n) is 2.31. The van der Waals surface area contributed by atoms with E-state index in [0.717, 1.165) is 4.47 Å². The number of alkyl halides is 2. The number of nitrogens with zero attached hydrogens (tertiary/aromatic N) is 1. The van der Waals surface area contributed by atoms with Gasteiger partial charge in [0.2, 0.25) is 0 Å². The summed E-state index contributed by atoms with van der Waals surface area (Å²) in [6.07, 6.45) is 1.50. The highest BCUT2D eigenvalue weighted by Crippen LogP contribution is 2.29. The summed E-state index contributed by atoms with van der Waals surface area (Å²) in [5, 5.41) is 0. The van der Waals surface area contributed by atoms with Crippen molar-refractivity contribution in [1.82, 2.24) is 4.90 Å². The quantitative estimate of drug-likeness (QED) is 0.818. The van der Waals surface area contributed by atoms with Gasteiger partial charge >= 0.3 is 0 Å². The van der Waals surface area contributed by atoms with Crippen LogP contribution in [0, 0.1) is 0 Å². The molecule has 14 heavy (non-hydrogen) atoms. The van der Waals surface area contributed by atoms with Gasteiger partial charge in [-0.05, 0) is 22.0 Å². The molecule has 1 aliphatic rings. The third-order valence-corrected chi connectivity index (χ3v) is 3.01. The van der Waals surface area contributed by atoms with Crippen LogP contribution in [0.1, 0.15) is 12.2 Å². The standard InChI is InChI=1S/C9H10BrF2NO/c10-7-1-4-14-8(7)5-13-3-2-9(11,12)6-13/h1,4H,2-3,5-6H2. The topological polar surface area (TPSA) is 16.4 Å². The van der Waals surface area contributed by atoms with E-state index < -0.39 is 5.92 Å². The second kappa shape index (κ2) is 3.62. The average molecular weight is 266 g/mol. The lowest BCUT2D eigenvalue weighted by molar-refractivity contribution is 0.0109. The zero-order valence-electron chi connectivity index (χ0n) is 7.47. The molecule has 1 aliphatic heterocycles. The van der Waals surface area contributed by atoms with Gasteiger partial charge in [0.15, 0.2) is 0 Å². The molecule has 0 bridgehead atoms. The van der Waals surface area contributed by atoms with Crippen molar-refractivity contribution in [3.8, 4) is 0 Å². The Kier molecular flexibility index (Phi) is 2.62. The SMILES string of the molecule is FC1(F)CCN(Cc2occc2Br)C1. The van der Waals surface area contributed by atoms with Gasteiger partial charge in [-0.1, -0.05) is 0 Å². The van der Waals surface area contributed by atoms with Gasteiger partial charge < -0.3 is 4.42 Å². The Morgan fingerprint density at radius 3 is 2.86 bits per heavy atom. The van der Waals surface area contributed by atoms with Crippen molar-refractivity contribution in [1.29, 1.82) is 0 Å². The molecule has 2 nitrogen and oxygen atoms in total. The van der Waals surface area contributed by atoms with Crippen LogP contribution in [0.25, 0.3) is 0 Å². The summed E-state index contributed by atoms with van der Waals surface area (Å²) in [5.41, 5.74) is 0. The molecule has 0 spiro atoms. The Labute approximate surface area is 89.0 Å². The van der Waals surface area contributed by atoms with E-state index in [2.05, 4.69) is 15.9 Å². The van der Waals surface area contributed by atoms with E-state index >= 15 is 0 Å². The van der Waals surface area contributed by atoms with Gasteiger partial charge in [0.05, 0.1) is 23.8 Å². The Hall–Kier alpha value is -0.420. The Morgan fingerprint density at radius 1 is 1.57 bits per heavy atom. The number of hydrogen-bond donors (Lipinski definition) is 0. The van der Waals surface area contributed by atoms with Gasteiger partial charge in [-0.2, -0.15) is 0 Å². The van der Waals surface area contributed by atoms with E-state index in [4.69, 9.17) is 4.42 Å². The lowest BCUT2D eigenvalue weighted by Gasteiger charge is -2.13. The van der Waals surface area contributed by atoms with Crippen molar-refractivity contribution in [3.63, 3.8) is 0 Å². The molecule has 0 atom stereocenters. The first-order valence-corrected chi connectivity index (χ1v) is 5.18. The minimum Gasteiger partial charge on any atom is -0.467 e. The molecule has 2 rings (SSSR count). The molecule has 0 saturated carbocycles. The molecule has 0 aromatic carbocycles. The monoisotopic (exact) mass is 265 g/mol. The Balaban J connectivity index is 1.97. The molecule has 78 valence electrons. The van der Waals surface area contributed by atoms with E-state index in [0.29, 0.717) is 18.8 Å². The average Bonchev–Trinajstić information content (AvgIpc) is 2.61. The predicted molar refractivity (Wildman–Crippen MR) is 51.2 cm³/mol. The van der Waals surface area contributed by atoms with Crippen LogP contribution in [0.5, 0.6) is 0 Å². The maximum absolute atomic E-state index is 12.8. The van der Waals surface area contributed by atoms with E-state index in [9.17, 15) is 8.78 Å². The number of furan rings is 1. The van der Waals surface area contributed by atoms with E-state index in [1.165, 1.54) is 0 Å². The number of likely N-dealkylation sites (tertiary alicyclic amines) is 1. The molecule has 1 saturated heterocycles. The summed E-state index contributed by atoms with van der Waals surface area (Å²) in [5.74, 6) is -1.82. The van der Waals surface area contributed by atoms with Crippen molar-refractivity contribution < 1.29 is 13.2 Å². The van der Waals surface area contributed by atoms with Crippen LogP contribution in [0.3, 0.4) is 0 Å². The summed E-state index contributed by atoms with van der Waals surface area (Å²) in [6.45, 7) is 0.712. The summed E-state index contributed by atoms with van der Waals surface area (Å²) in [4.78, 5) is 1.70. The molecule has 5 heteroatoms. The van der Waals surface area contributed by atoms with E-state index in [1.54, 1.807) is 17.2 Å². The minimum atomic E-state index is -2.53. The lowest BCUT2D eigenvalue weighted by atomic mass is 10.3. The fourth-order valence-corrected chi connectivity index (χ4v) is 1.91. The molecule has 0 unspecified atom stereocenters. The predicted octanol–water partition coefficient (Wildman–Crippen LogP) is 2.88. The van der Waals surface area contributed by atoms with Crippen LogP contribution in [0.4, 0.5) is 8.78 Å². The summed E-state index contributed by atoms with van der Waals surface area (Å²) < 4.78 is 31.7. The van der Waals surface area contributed by atoms with Gasteiger partial charge in [-0.15, -0.1) is 0 Å². The first kappa shape index (κ1) is 10.1. The molecule has 1 aromatic rings. The zero-order chi connectivity index (χ0) is 10.2. The first-order chi connectivity index (χ1) is 6.57. The summed E-state index contributed by atoms with van der Waals surface area (Å²) in [7, 11) is 0. The van der Waals surface area contributed by atoms with Gasteiger partial charge in [0, 0.05) is 13.0 Å². The number of rotatable bonds is 2. The van der Waals surface area contributed by atoms with Crippen LogP contribution in [0.15, 0.2) is 21.2 Å². The molecular formula is C9H10BrF2NO. The van der Waals surface area contributed by atoms with Crippen molar-refractivity contribution in [3.05, 3.63) is 22.6 Å². The van der Waals surface area contributed by atoms with E-state index in [-0.39, 0.29) is 13.0 Å². The highest BCUT2D eigenvalue weighted by molar-refractivity contribution is 9.10. The lowest BCUT2D eigenvalue weighted by Crippen LogP contribution is -2.24. The second-order valence-electron chi connectivity index (χ2n) is 3.51. The second-order valence-corrected chi connectivity index (χ2v) is 4.36. The zero-order valence-corrected chi connectivity index (χ0v) is 9.06. The van der Waals surface area contributed by atoms with Crippen molar-refractivity contribution in [2.45, 2.75) is 18.9 Å².